The molecule has 0 amide bonds. The quantitative estimate of drug-likeness (QED) is 0.402. The second kappa shape index (κ2) is 6.56. The van der Waals surface area contributed by atoms with E-state index in [9.17, 15) is 4.39 Å². The summed E-state index contributed by atoms with van der Waals surface area (Å²) in [6.45, 7) is 13.0. The zero-order valence-corrected chi connectivity index (χ0v) is 10.5. The molecule has 0 aromatic heterocycles. The summed E-state index contributed by atoms with van der Waals surface area (Å²) < 4.78 is 18.4. The average Bonchev–Trinajstić information content (AvgIpc) is 1.96. The molecule has 0 rings (SSSR count). The molecule has 0 fully saturated rings. The molecule has 0 aliphatic rings. The maximum atomic E-state index is 13.0. The van der Waals surface area contributed by atoms with Gasteiger partial charge in [0.15, 0.2) is 5.88 Å². The summed E-state index contributed by atoms with van der Waals surface area (Å²) in [7, 11) is -1.67. The van der Waals surface area contributed by atoms with Crippen LogP contribution in [0.15, 0.2) is 28.9 Å². The summed E-state index contributed by atoms with van der Waals surface area (Å²) in [4.78, 5) is 3.79. The first-order valence-electron chi connectivity index (χ1n) is 4.47. The van der Waals surface area contributed by atoms with E-state index in [2.05, 4.69) is 11.6 Å². The van der Waals surface area contributed by atoms with Crippen molar-refractivity contribution in [2.45, 2.75) is 40.9 Å². The van der Waals surface area contributed by atoms with Crippen molar-refractivity contribution in [1.29, 1.82) is 0 Å². The van der Waals surface area contributed by atoms with Gasteiger partial charge in [0, 0.05) is 0 Å². The topological polar surface area (TPSA) is 21.6 Å². The Morgan fingerprint density at radius 3 is 2.13 bits per heavy atom. The van der Waals surface area contributed by atoms with E-state index in [0.29, 0.717) is 5.57 Å². The van der Waals surface area contributed by atoms with Gasteiger partial charge in [-0.25, -0.2) is 9.38 Å². The highest BCUT2D eigenvalue weighted by Crippen LogP contribution is 2.10. The number of aliphatic imine (C=N–C) groups is 1. The zero-order valence-electron chi connectivity index (χ0n) is 9.52. The fraction of sp³-hybridized carbons (Fsp3) is 0.545. The van der Waals surface area contributed by atoms with Gasteiger partial charge in [-0.1, -0.05) is 7.43 Å². The molecule has 0 radical (unpaired) electrons. The fourth-order valence-corrected chi connectivity index (χ4v) is 1.40. The minimum absolute atomic E-state index is 0. The van der Waals surface area contributed by atoms with Crippen LogP contribution in [0.3, 0.4) is 0 Å². The Hall–Kier alpha value is -0.903. The van der Waals surface area contributed by atoms with Crippen LogP contribution in [0.4, 0.5) is 4.39 Å². The number of rotatable bonds is 4. The number of hydrogen-bond donors (Lipinski definition) is 0. The molecule has 0 aromatic rings. The number of halogens is 1. The van der Waals surface area contributed by atoms with Gasteiger partial charge < -0.3 is 4.43 Å². The van der Waals surface area contributed by atoms with Gasteiger partial charge >= 0.3 is 0 Å². The highest BCUT2D eigenvalue weighted by molar-refractivity contribution is 6.70. The van der Waals surface area contributed by atoms with E-state index in [-0.39, 0.29) is 19.1 Å². The minimum atomic E-state index is -1.67. The van der Waals surface area contributed by atoms with Crippen molar-refractivity contribution in [2.75, 3.05) is 0 Å². The van der Waals surface area contributed by atoms with Crippen LogP contribution in [-0.4, -0.2) is 14.5 Å². The van der Waals surface area contributed by atoms with Gasteiger partial charge in [0.05, 0.1) is 6.21 Å². The van der Waals surface area contributed by atoms with Crippen LogP contribution < -0.4 is 0 Å². The van der Waals surface area contributed by atoms with Gasteiger partial charge in [-0.05, 0) is 45.6 Å². The Labute approximate surface area is 93.7 Å². The molecule has 0 aliphatic carbocycles. The molecule has 4 heteroatoms. The van der Waals surface area contributed by atoms with E-state index in [1.165, 1.54) is 0 Å². The van der Waals surface area contributed by atoms with E-state index >= 15 is 0 Å². The Balaban J connectivity index is 0. The van der Waals surface area contributed by atoms with Gasteiger partial charge in [0.2, 0.25) is 8.32 Å². The smallest absolute Gasteiger partial charge is 0.244 e. The fourth-order valence-electron chi connectivity index (χ4n) is 0.638. The number of hydrogen-bond acceptors (Lipinski definition) is 2. The lowest BCUT2D eigenvalue weighted by Gasteiger charge is -2.17. The third-order valence-electron chi connectivity index (χ3n) is 1.22. The van der Waals surface area contributed by atoms with Crippen molar-refractivity contribution in [2.24, 2.45) is 4.99 Å². The SMILES string of the molecule is C.C=C(N=CC(F)=C(C)C)O[Si](C)(C)C. The first-order chi connectivity index (χ1) is 6.22. The third-order valence-corrected chi connectivity index (χ3v) is 2.07. The van der Waals surface area contributed by atoms with Gasteiger partial charge in [-0.3, -0.25) is 0 Å². The average molecular weight is 231 g/mol. The first-order valence-corrected chi connectivity index (χ1v) is 7.88. The van der Waals surface area contributed by atoms with Crippen molar-refractivity contribution in [1.82, 2.24) is 0 Å². The van der Waals surface area contributed by atoms with E-state index in [1.807, 2.05) is 19.6 Å². The normalized spacial score (nSPS) is 10.8. The summed E-state index contributed by atoms with van der Waals surface area (Å²) in [6, 6.07) is 0. The van der Waals surface area contributed by atoms with Crippen molar-refractivity contribution in [3.8, 4) is 0 Å². The van der Waals surface area contributed by atoms with Gasteiger partial charge in [-0.2, -0.15) is 0 Å². The van der Waals surface area contributed by atoms with E-state index < -0.39 is 8.32 Å². The van der Waals surface area contributed by atoms with Gasteiger partial charge in [0.1, 0.15) is 5.83 Å². The number of nitrogens with zero attached hydrogens (tertiary/aromatic N) is 1. The van der Waals surface area contributed by atoms with Crippen LogP contribution in [0.2, 0.25) is 19.6 Å². The maximum Gasteiger partial charge on any atom is 0.244 e. The van der Waals surface area contributed by atoms with Crippen molar-refractivity contribution in [3.63, 3.8) is 0 Å². The maximum absolute atomic E-state index is 13.0. The molecule has 0 saturated carbocycles. The molecule has 0 heterocycles. The van der Waals surface area contributed by atoms with Crippen LogP contribution in [0.1, 0.15) is 21.3 Å². The van der Waals surface area contributed by atoms with Crippen LogP contribution in [0.25, 0.3) is 0 Å². The lowest BCUT2D eigenvalue weighted by molar-refractivity contribution is 0.420. The van der Waals surface area contributed by atoms with Crippen LogP contribution in [0, 0.1) is 0 Å². The molecule has 0 atom stereocenters. The minimum Gasteiger partial charge on any atom is -0.532 e. The summed E-state index contributed by atoms with van der Waals surface area (Å²) in [5, 5.41) is 0. The highest BCUT2D eigenvalue weighted by Gasteiger charge is 2.16. The van der Waals surface area contributed by atoms with Crippen molar-refractivity contribution < 1.29 is 8.82 Å². The van der Waals surface area contributed by atoms with E-state index in [0.717, 1.165) is 6.21 Å². The molecule has 15 heavy (non-hydrogen) atoms. The van der Waals surface area contributed by atoms with Gasteiger partial charge in [0.25, 0.3) is 0 Å². The standard InChI is InChI=1S/C10H18FNOSi.CH4/c1-8(2)10(11)7-12-9(3)13-14(4,5)6;/h7H,3H2,1-2,4-6H3;1H4. The Morgan fingerprint density at radius 2 is 1.80 bits per heavy atom. The van der Waals surface area contributed by atoms with Crippen molar-refractivity contribution >= 4 is 14.5 Å². The second-order valence-electron chi connectivity index (χ2n) is 4.21. The molecule has 0 aliphatic heterocycles. The molecule has 88 valence electrons. The predicted molar refractivity (Wildman–Crippen MR) is 68.3 cm³/mol. The third kappa shape index (κ3) is 9.40. The monoisotopic (exact) mass is 231 g/mol. The second-order valence-corrected chi connectivity index (χ2v) is 8.64. The molecule has 0 N–H and O–H groups in total. The lowest BCUT2D eigenvalue weighted by atomic mass is 10.3. The van der Waals surface area contributed by atoms with Gasteiger partial charge in [-0.15, -0.1) is 0 Å². The molecule has 0 saturated heterocycles. The van der Waals surface area contributed by atoms with Crippen LogP contribution >= 0.6 is 0 Å². The molecule has 0 aromatic carbocycles. The summed E-state index contributed by atoms with van der Waals surface area (Å²) in [5.74, 6) is -0.0640. The number of allylic oxidation sites excluding steroid dienone is 2. The Morgan fingerprint density at radius 1 is 1.33 bits per heavy atom. The predicted octanol–water partition coefficient (Wildman–Crippen LogP) is 4.28. The molecule has 0 unspecified atom stereocenters. The molecule has 0 spiro atoms. The summed E-state index contributed by atoms with van der Waals surface area (Å²) in [6.07, 6.45) is 1.14. The van der Waals surface area contributed by atoms with Crippen LogP contribution in [-0.2, 0) is 4.43 Å². The summed E-state index contributed by atoms with van der Waals surface area (Å²) >= 11 is 0. The van der Waals surface area contributed by atoms with E-state index in [4.69, 9.17) is 4.43 Å². The van der Waals surface area contributed by atoms with E-state index in [1.54, 1.807) is 13.8 Å². The first kappa shape index (κ1) is 16.5. The summed E-state index contributed by atoms with van der Waals surface area (Å²) in [5.41, 5.74) is 0.592. The zero-order chi connectivity index (χ0) is 11.4. The van der Waals surface area contributed by atoms with Crippen molar-refractivity contribution in [3.05, 3.63) is 23.9 Å². The van der Waals surface area contributed by atoms with Crippen LogP contribution in [0.5, 0.6) is 0 Å². The molecular weight excluding hydrogens is 209 g/mol. The Kier molecular flexibility index (Phi) is 7.22. The molecular formula is C11H22FNOSi. The Bertz CT molecular complexity index is 273. The molecule has 2 nitrogen and oxygen atoms in total. The molecule has 0 bridgehead atoms. The lowest BCUT2D eigenvalue weighted by Crippen LogP contribution is -2.24. The largest absolute Gasteiger partial charge is 0.532 e. The highest BCUT2D eigenvalue weighted by atomic mass is 28.4.